The van der Waals surface area contributed by atoms with Crippen LogP contribution >= 0.6 is 0 Å². The molecule has 0 atom stereocenters. The van der Waals surface area contributed by atoms with Crippen molar-refractivity contribution in [3.05, 3.63) is 59.4 Å². The lowest BCUT2D eigenvalue weighted by Gasteiger charge is -2.06. The van der Waals surface area contributed by atoms with Crippen LogP contribution < -0.4 is 0 Å². The third kappa shape index (κ3) is 1.81. The minimum Gasteiger partial charge on any atom is -0.206 e. The second-order valence-electron chi connectivity index (χ2n) is 3.57. The van der Waals surface area contributed by atoms with E-state index in [-0.39, 0.29) is 11.1 Å². The zero-order valence-corrected chi connectivity index (χ0v) is 8.60. The van der Waals surface area contributed by atoms with Crippen LogP contribution in [0.3, 0.4) is 0 Å². The van der Waals surface area contributed by atoms with Gasteiger partial charge >= 0.3 is 0 Å². The minimum absolute atomic E-state index is 0.165. The van der Waals surface area contributed by atoms with Crippen LogP contribution in [0.1, 0.15) is 5.56 Å². The van der Waals surface area contributed by atoms with Gasteiger partial charge in [-0.05, 0) is 36.2 Å². The van der Waals surface area contributed by atoms with Crippen molar-refractivity contribution in [3.8, 4) is 11.1 Å². The average molecular weight is 222 g/mol. The van der Waals surface area contributed by atoms with Gasteiger partial charge in [0.2, 0.25) is 0 Å². The Labute approximate surface area is 91.4 Å². The molecule has 0 aliphatic heterocycles. The molecule has 0 spiro atoms. The molecule has 3 heteroatoms. The van der Waals surface area contributed by atoms with Crippen LogP contribution in [0.5, 0.6) is 0 Å². The highest BCUT2D eigenvalue weighted by Crippen LogP contribution is 2.26. The molecule has 0 unspecified atom stereocenters. The van der Waals surface area contributed by atoms with Crippen LogP contribution in [0.4, 0.5) is 13.2 Å². The number of aryl methyl sites for hydroxylation is 1. The zero-order chi connectivity index (χ0) is 11.7. The van der Waals surface area contributed by atoms with Gasteiger partial charge in [-0.15, -0.1) is 0 Å². The highest BCUT2D eigenvalue weighted by atomic mass is 19.2. The van der Waals surface area contributed by atoms with E-state index in [1.165, 1.54) is 25.1 Å². The standard InChI is InChI=1S/C13H9F3/c1-8-6-9(7-12(15)13(8)16)10-4-2-3-5-11(10)14/h2-7H,1H3. The van der Waals surface area contributed by atoms with E-state index in [0.717, 1.165) is 6.07 Å². The van der Waals surface area contributed by atoms with Gasteiger partial charge in [0.1, 0.15) is 5.82 Å². The van der Waals surface area contributed by atoms with Gasteiger partial charge < -0.3 is 0 Å². The third-order valence-electron chi connectivity index (χ3n) is 2.39. The first-order valence-electron chi connectivity index (χ1n) is 4.80. The van der Waals surface area contributed by atoms with Crippen molar-refractivity contribution in [1.29, 1.82) is 0 Å². The Balaban J connectivity index is 2.62. The van der Waals surface area contributed by atoms with Crippen LogP contribution in [0.25, 0.3) is 11.1 Å². The predicted octanol–water partition coefficient (Wildman–Crippen LogP) is 4.08. The zero-order valence-electron chi connectivity index (χ0n) is 8.60. The maximum absolute atomic E-state index is 13.4. The van der Waals surface area contributed by atoms with Gasteiger partial charge in [-0.25, -0.2) is 13.2 Å². The third-order valence-corrected chi connectivity index (χ3v) is 2.39. The Morgan fingerprint density at radius 3 is 2.19 bits per heavy atom. The largest absolute Gasteiger partial charge is 0.206 e. The SMILES string of the molecule is Cc1cc(-c2ccccc2F)cc(F)c1F. The summed E-state index contributed by atoms with van der Waals surface area (Å²) in [5.74, 6) is -2.30. The Bertz CT molecular complexity index is 509. The van der Waals surface area contributed by atoms with E-state index in [1.807, 2.05) is 0 Å². The molecule has 0 heterocycles. The predicted molar refractivity (Wildman–Crippen MR) is 56.5 cm³/mol. The first-order valence-corrected chi connectivity index (χ1v) is 4.80. The summed E-state index contributed by atoms with van der Waals surface area (Å²) in [7, 11) is 0. The van der Waals surface area contributed by atoms with Crippen molar-refractivity contribution in [3.63, 3.8) is 0 Å². The molecule has 82 valence electrons. The van der Waals surface area contributed by atoms with Crippen LogP contribution in [-0.2, 0) is 0 Å². The van der Waals surface area contributed by atoms with Gasteiger partial charge in [0, 0.05) is 5.56 Å². The molecule has 0 saturated carbocycles. The van der Waals surface area contributed by atoms with Crippen LogP contribution in [0.15, 0.2) is 36.4 Å². The van der Waals surface area contributed by atoms with Crippen molar-refractivity contribution < 1.29 is 13.2 Å². The van der Waals surface area contributed by atoms with Crippen molar-refractivity contribution in [2.24, 2.45) is 0 Å². The summed E-state index contributed by atoms with van der Waals surface area (Å²) >= 11 is 0. The van der Waals surface area contributed by atoms with Crippen molar-refractivity contribution in [1.82, 2.24) is 0 Å². The molecular weight excluding hydrogens is 213 g/mol. The Morgan fingerprint density at radius 2 is 1.56 bits per heavy atom. The van der Waals surface area contributed by atoms with Gasteiger partial charge in [0.15, 0.2) is 11.6 Å². The summed E-state index contributed by atoms with van der Waals surface area (Å²) in [4.78, 5) is 0. The lowest BCUT2D eigenvalue weighted by molar-refractivity contribution is 0.503. The van der Waals surface area contributed by atoms with Crippen LogP contribution in [0.2, 0.25) is 0 Å². The molecule has 0 saturated heterocycles. The summed E-state index contributed by atoms with van der Waals surface area (Å²) in [6.07, 6.45) is 0. The fraction of sp³-hybridized carbons (Fsp3) is 0.0769. The second-order valence-corrected chi connectivity index (χ2v) is 3.57. The van der Waals surface area contributed by atoms with Crippen molar-refractivity contribution in [2.75, 3.05) is 0 Å². The molecule has 0 fully saturated rings. The molecule has 0 radical (unpaired) electrons. The first kappa shape index (κ1) is 10.7. The summed E-state index contributed by atoms with van der Waals surface area (Å²) in [5.41, 5.74) is 0.775. The summed E-state index contributed by atoms with van der Waals surface area (Å²) in [6, 6.07) is 8.44. The molecule has 0 aliphatic rings. The normalized spacial score (nSPS) is 10.5. The summed E-state index contributed by atoms with van der Waals surface area (Å²) in [6.45, 7) is 1.45. The second kappa shape index (κ2) is 4.00. The van der Waals surface area contributed by atoms with Crippen molar-refractivity contribution in [2.45, 2.75) is 6.92 Å². The molecule has 0 N–H and O–H groups in total. The Kier molecular flexibility index (Phi) is 2.69. The number of halogens is 3. The Hall–Kier alpha value is -1.77. The Morgan fingerprint density at radius 1 is 0.875 bits per heavy atom. The van der Waals surface area contributed by atoms with Gasteiger partial charge in [-0.1, -0.05) is 18.2 Å². The lowest BCUT2D eigenvalue weighted by Crippen LogP contribution is -1.92. The first-order chi connectivity index (χ1) is 7.59. The van der Waals surface area contributed by atoms with E-state index >= 15 is 0 Å². The van der Waals surface area contributed by atoms with Gasteiger partial charge in [-0.2, -0.15) is 0 Å². The van der Waals surface area contributed by atoms with E-state index in [0.29, 0.717) is 5.56 Å². The molecule has 0 nitrogen and oxygen atoms in total. The number of rotatable bonds is 1. The molecule has 16 heavy (non-hydrogen) atoms. The van der Waals surface area contributed by atoms with E-state index in [2.05, 4.69) is 0 Å². The topological polar surface area (TPSA) is 0 Å². The fourth-order valence-corrected chi connectivity index (χ4v) is 1.58. The maximum Gasteiger partial charge on any atom is 0.161 e. The van der Waals surface area contributed by atoms with Gasteiger partial charge in [-0.3, -0.25) is 0 Å². The molecule has 0 amide bonds. The molecule has 2 aromatic carbocycles. The van der Waals surface area contributed by atoms with Gasteiger partial charge in [0.25, 0.3) is 0 Å². The number of benzene rings is 2. The van der Waals surface area contributed by atoms with Crippen LogP contribution in [-0.4, -0.2) is 0 Å². The number of hydrogen-bond donors (Lipinski definition) is 0. The van der Waals surface area contributed by atoms with E-state index in [4.69, 9.17) is 0 Å². The summed E-state index contributed by atoms with van der Waals surface area (Å²) < 4.78 is 39.6. The van der Waals surface area contributed by atoms with E-state index < -0.39 is 17.5 Å². The molecule has 0 aliphatic carbocycles. The monoisotopic (exact) mass is 222 g/mol. The quantitative estimate of drug-likeness (QED) is 0.682. The van der Waals surface area contributed by atoms with Crippen LogP contribution in [0, 0.1) is 24.4 Å². The molecule has 0 aromatic heterocycles. The summed E-state index contributed by atoms with van der Waals surface area (Å²) in [5, 5.41) is 0. The highest BCUT2D eigenvalue weighted by molar-refractivity contribution is 5.65. The average Bonchev–Trinajstić information content (AvgIpc) is 2.26. The molecule has 0 bridgehead atoms. The smallest absolute Gasteiger partial charge is 0.161 e. The lowest BCUT2D eigenvalue weighted by atomic mass is 10.0. The maximum atomic E-state index is 13.4. The highest BCUT2D eigenvalue weighted by Gasteiger charge is 2.10. The van der Waals surface area contributed by atoms with Crippen molar-refractivity contribution >= 4 is 0 Å². The number of hydrogen-bond acceptors (Lipinski definition) is 0. The van der Waals surface area contributed by atoms with E-state index in [1.54, 1.807) is 12.1 Å². The van der Waals surface area contributed by atoms with E-state index in [9.17, 15) is 13.2 Å². The minimum atomic E-state index is -0.960. The molecule has 2 aromatic rings. The fourth-order valence-electron chi connectivity index (χ4n) is 1.58. The molecule has 2 rings (SSSR count). The molecular formula is C13H9F3. The van der Waals surface area contributed by atoms with Gasteiger partial charge in [0.05, 0.1) is 0 Å².